The zero-order valence-electron chi connectivity index (χ0n) is 22.3. The molecule has 1 atom stereocenters. The first-order chi connectivity index (χ1) is 18.8. The molecule has 1 unspecified atom stereocenters. The Balaban J connectivity index is 0.00000441. The summed E-state index contributed by atoms with van der Waals surface area (Å²) in [5, 5.41) is 3.87. The molecule has 1 amide bonds. The fraction of sp³-hybridized carbons (Fsp3) is 0.367. The summed E-state index contributed by atoms with van der Waals surface area (Å²) >= 11 is 6.56. The number of primary amides is 1. The summed E-state index contributed by atoms with van der Waals surface area (Å²) in [5.74, 6) is -3.79. The quantitative estimate of drug-likeness (QED) is 0.243. The normalized spacial score (nSPS) is 17.6. The van der Waals surface area contributed by atoms with E-state index in [2.05, 4.69) is 5.32 Å². The molecule has 216 valence electrons. The van der Waals surface area contributed by atoms with Gasteiger partial charge in [0.2, 0.25) is 5.91 Å². The highest BCUT2D eigenvalue weighted by Gasteiger charge is 2.27. The number of ether oxygens (including phenoxy) is 2. The molecule has 1 aliphatic rings. The number of methoxy groups -OCH3 is 1. The van der Waals surface area contributed by atoms with Crippen LogP contribution in [0.3, 0.4) is 0 Å². The lowest BCUT2D eigenvalue weighted by Crippen LogP contribution is -2.39. The van der Waals surface area contributed by atoms with Crippen LogP contribution in [0.15, 0.2) is 54.6 Å². The fourth-order valence-corrected chi connectivity index (χ4v) is 5.30. The van der Waals surface area contributed by atoms with E-state index in [0.717, 1.165) is 42.9 Å². The van der Waals surface area contributed by atoms with Crippen LogP contribution in [0.2, 0.25) is 5.02 Å². The number of carbonyl (C=O) groups is 1. The van der Waals surface area contributed by atoms with E-state index in [1.807, 2.05) is 36.4 Å². The third-order valence-corrected chi connectivity index (χ3v) is 7.55. The van der Waals surface area contributed by atoms with Crippen LogP contribution in [0.1, 0.15) is 53.1 Å². The summed E-state index contributed by atoms with van der Waals surface area (Å²) in [6, 6.07) is 16.7. The molecule has 4 rings (SSSR count). The minimum absolute atomic E-state index is 0. The van der Waals surface area contributed by atoms with Crippen molar-refractivity contribution in [1.29, 1.82) is 0 Å². The first kappa shape index (κ1) is 31.8. The number of halogens is 4. The van der Waals surface area contributed by atoms with Crippen LogP contribution in [-0.4, -0.2) is 44.9 Å². The van der Waals surface area contributed by atoms with Crippen molar-refractivity contribution in [3.8, 4) is 16.9 Å². The van der Waals surface area contributed by atoms with E-state index in [9.17, 15) is 9.18 Å². The second-order valence-electron chi connectivity index (χ2n) is 9.85. The van der Waals surface area contributed by atoms with Crippen LogP contribution >= 0.6 is 24.0 Å². The summed E-state index contributed by atoms with van der Waals surface area (Å²) in [6.07, 6.45) is 3.97. The van der Waals surface area contributed by atoms with Crippen LogP contribution in [0.25, 0.3) is 11.1 Å². The van der Waals surface area contributed by atoms with Gasteiger partial charge < -0.3 is 26.3 Å². The topological polar surface area (TPSA) is 99.6 Å². The molecule has 3 aromatic carbocycles. The number of hydrogen-bond acceptors (Lipinski definition) is 5. The molecule has 10 heteroatoms. The Morgan fingerprint density at radius 3 is 2.40 bits per heavy atom. The minimum atomic E-state index is -1.05. The van der Waals surface area contributed by atoms with Crippen molar-refractivity contribution in [3.63, 3.8) is 0 Å². The van der Waals surface area contributed by atoms with Gasteiger partial charge in [-0.15, -0.1) is 12.4 Å². The highest BCUT2D eigenvalue weighted by atomic mass is 35.5. The highest BCUT2D eigenvalue weighted by Crippen LogP contribution is 2.40. The average molecular weight is 595 g/mol. The zero-order valence-corrected chi connectivity index (χ0v) is 23.9. The lowest BCUT2D eigenvalue weighted by molar-refractivity contribution is 0.0999. The molecule has 1 saturated carbocycles. The largest absolute Gasteiger partial charge is 0.485 e. The van der Waals surface area contributed by atoms with Crippen LogP contribution < -0.4 is 21.5 Å². The van der Waals surface area contributed by atoms with E-state index >= 15 is 4.39 Å². The lowest BCUT2D eigenvalue weighted by atomic mass is 9.87. The third kappa shape index (κ3) is 7.50. The second-order valence-corrected chi connectivity index (χ2v) is 10.3. The SMILES string of the molecule is COCCOc1c(F)cc(C(N)=O)c(-c2cc(C(CNC3CCC(N)CC3)c3ccccc3)ccc2Cl)c1F.Cl. The molecule has 0 aromatic heterocycles. The standard InChI is InChI=1S/C30H34ClF2N3O3.ClH/c1-38-13-14-39-29-26(32)16-23(30(35)37)27(28(29)33)22-15-19(7-12-25(22)31)24(18-5-3-2-4-6-18)17-36-21-10-8-20(34)9-11-21;/h2-7,12,15-16,20-21,24,36H,8-11,13-14,17,34H2,1H3,(H2,35,37);1H. The van der Waals surface area contributed by atoms with E-state index in [1.54, 1.807) is 12.1 Å². The summed E-state index contributed by atoms with van der Waals surface area (Å²) in [7, 11) is 1.45. The van der Waals surface area contributed by atoms with Gasteiger partial charge in [0, 0.05) is 47.8 Å². The number of nitrogens with one attached hydrogen (secondary N) is 1. The third-order valence-electron chi connectivity index (χ3n) is 7.22. The van der Waals surface area contributed by atoms with Gasteiger partial charge >= 0.3 is 0 Å². The molecule has 1 fully saturated rings. The number of carbonyl (C=O) groups excluding carboxylic acids is 1. The van der Waals surface area contributed by atoms with Crippen LogP contribution in [0.5, 0.6) is 5.75 Å². The number of nitrogens with two attached hydrogens (primary N) is 2. The second kappa shape index (κ2) is 14.8. The van der Waals surface area contributed by atoms with E-state index in [-0.39, 0.29) is 59.3 Å². The minimum Gasteiger partial charge on any atom is -0.485 e. The predicted octanol–water partition coefficient (Wildman–Crippen LogP) is 5.82. The van der Waals surface area contributed by atoms with Gasteiger partial charge in [-0.2, -0.15) is 0 Å². The van der Waals surface area contributed by atoms with Gasteiger partial charge in [-0.25, -0.2) is 8.78 Å². The molecule has 0 spiro atoms. The Kier molecular flexibility index (Phi) is 11.7. The molecule has 0 heterocycles. The molecule has 40 heavy (non-hydrogen) atoms. The van der Waals surface area contributed by atoms with Crippen molar-refractivity contribution in [2.45, 2.75) is 43.7 Å². The van der Waals surface area contributed by atoms with Gasteiger partial charge in [0.1, 0.15) is 6.61 Å². The predicted molar refractivity (Wildman–Crippen MR) is 156 cm³/mol. The lowest BCUT2D eigenvalue weighted by Gasteiger charge is -2.29. The first-order valence-corrected chi connectivity index (χ1v) is 13.4. The van der Waals surface area contributed by atoms with Gasteiger partial charge in [-0.1, -0.05) is 48.0 Å². The van der Waals surface area contributed by atoms with Gasteiger partial charge in [0.15, 0.2) is 17.4 Å². The number of benzene rings is 3. The van der Waals surface area contributed by atoms with Crippen molar-refractivity contribution in [2.24, 2.45) is 11.5 Å². The number of hydrogen-bond donors (Lipinski definition) is 3. The zero-order chi connectivity index (χ0) is 27.9. The summed E-state index contributed by atoms with van der Waals surface area (Å²) < 4.78 is 40.8. The Morgan fingerprint density at radius 1 is 1.05 bits per heavy atom. The molecule has 0 saturated heterocycles. The first-order valence-electron chi connectivity index (χ1n) is 13.1. The molecule has 0 aliphatic heterocycles. The summed E-state index contributed by atoms with van der Waals surface area (Å²) in [5.41, 5.74) is 13.2. The maximum atomic E-state index is 15.8. The molecule has 0 bridgehead atoms. The van der Waals surface area contributed by atoms with E-state index in [1.165, 1.54) is 7.11 Å². The molecular formula is C30H35Cl2F2N3O3. The van der Waals surface area contributed by atoms with Crippen molar-refractivity contribution in [3.05, 3.63) is 87.9 Å². The molecule has 0 radical (unpaired) electrons. The molecule has 1 aliphatic carbocycles. The molecule has 5 N–H and O–H groups in total. The maximum absolute atomic E-state index is 15.8. The van der Waals surface area contributed by atoms with Gasteiger partial charge in [-0.3, -0.25) is 4.79 Å². The van der Waals surface area contributed by atoms with E-state index in [0.29, 0.717) is 12.6 Å². The monoisotopic (exact) mass is 593 g/mol. The Labute approximate surface area is 244 Å². The van der Waals surface area contributed by atoms with Crippen molar-refractivity contribution >= 4 is 29.9 Å². The van der Waals surface area contributed by atoms with Crippen molar-refractivity contribution in [2.75, 3.05) is 26.9 Å². The summed E-state index contributed by atoms with van der Waals surface area (Å²) in [4.78, 5) is 12.3. The Morgan fingerprint density at radius 2 is 1.75 bits per heavy atom. The summed E-state index contributed by atoms with van der Waals surface area (Å²) in [6.45, 7) is 0.674. The average Bonchev–Trinajstić information content (AvgIpc) is 2.93. The smallest absolute Gasteiger partial charge is 0.249 e. The molecule has 3 aromatic rings. The van der Waals surface area contributed by atoms with Crippen LogP contribution in [0.4, 0.5) is 8.78 Å². The van der Waals surface area contributed by atoms with Gasteiger partial charge in [0.05, 0.1) is 12.2 Å². The maximum Gasteiger partial charge on any atom is 0.249 e. The molecular weight excluding hydrogens is 559 g/mol. The van der Waals surface area contributed by atoms with Gasteiger partial charge in [-0.05, 0) is 55.0 Å². The van der Waals surface area contributed by atoms with Crippen molar-refractivity contribution < 1.29 is 23.0 Å². The highest BCUT2D eigenvalue weighted by molar-refractivity contribution is 6.33. The van der Waals surface area contributed by atoms with Crippen LogP contribution in [0, 0.1) is 11.6 Å². The van der Waals surface area contributed by atoms with Crippen LogP contribution in [-0.2, 0) is 4.74 Å². The number of amides is 1. The van der Waals surface area contributed by atoms with E-state index in [4.69, 9.17) is 32.5 Å². The Bertz CT molecular complexity index is 1290. The van der Waals surface area contributed by atoms with Gasteiger partial charge in [0.25, 0.3) is 0 Å². The molecule has 6 nitrogen and oxygen atoms in total. The Hall–Kier alpha value is -2.75. The fourth-order valence-electron chi connectivity index (χ4n) is 5.09. The van der Waals surface area contributed by atoms with Crippen molar-refractivity contribution in [1.82, 2.24) is 5.32 Å². The number of rotatable bonds is 11. The van der Waals surface area contributed by atoms with E-state index < -0.39 is 23.3 Å².